The van der Waals surface area contributed by atoms with Gasteiger partial charge in [-0.05, 0) is 49.2 Å². The van der Waals surface area contributed by atoms with Gasteiger partial charge in [-0.3, -0.25) is 4.79 Å². The molecule has 8 heteroatoms. The first-order valence-electron chi connectivity index (χ1n) is 8.99. The van der Waals surface area contributed by atoms with Crippen LogP contribution in [0.4, 0.5) is 0 Å². The van der Waals surface area contributed by atoms with Crippen LogP contribution in [0.15, 0.2) is 33.7 Å². The molecule has 0 aliphatic heterocycles. The summed E-state index contributed by atoms with van der Waals surface area (Å²) in [7, 11) is 5.20. The Kier molecular flexibility index (Phi) is 7.31. The molecular weight excluding hydrogens is 360 g/mol. The summed E-state index contributed by atoms with van der Waals surface area (Å²) in [5.41, 5.74) is 7.41. The van der Waals surface area contributed by atoms with E-state index in [1.165, 1.54) is 0 Å². The quantitative estimate of drug-likeness (QED) is 0.531. The molecule has 0 radical (unpaired) electrons. The van der Waals surface area contributed by atoms with E-state index in [1.54, 1.807) is 26.4 Å². The zero-order chi connectivity index (χ0) is 20.7. The molecule has 1 heterocycles. The minimum absolute atomic E-state index is 0.129. The maximum Gasteiger partial charge on any atom is 0.284 e. The van der Waals surface area contributed by atoms with E-state index in [4.69, 9.17) is 19.6 Å². The SMILES string of the molecule is CCNC(=NCc1ccc(C(N)=O)o1)N(C)Cc1cc(OC)c(OC)cc1C. The van der Waals surface area contributed by atoms with Gasteiger partial charge in [-0.25, -0.2) is 4.99 Å². The monoisotopic (exact) mass is 388 g/mol. The van der Waals surface area contributed by atoms with Crippen LogP contribution in [0.25, 0.3) is 0 Å². The standard InChI is InChI=1S/C20H28N4O4/c1-6-22-20(23-11-15-7-8-16(28-15)19(21)25)24(3)12-14-10-18(27-5)17(26-4)9-13(14)2/h7-10H,6,11-12H2,1-5H3,(H2,21,25)(H,22,23). The van der Waals surface area contributed by atoms with E-state index >= 15 is 0 Å². The van der Waals surface area contributed by atoms with Crippen molar-refractivity contribution in [1.82, 2.24) is 10.2 Å². The van der Waals surface area contributed by atoms with Crippen LogP contribution in [0.5, 0.6) is 11.5 Å². The molecule has 0 bridgehead atoms. The lowest BCUT2D eigenvalue weighted by atomic mass is 10.1. The molecule has 0 unspecified atom stereocenters. The van der Waals surface area contributed by atoms with Gasteiger partial charge in [0.05, 0.1) is 14.2 Å². The number of nitrogens with one attached hydrogen (secondary N) is 1. The van der Waals surface area contributed by atoms with Crippen LogP contribution in [0.1, 0.15) is 34.4 Å². The molecule has 0 saturated carbocycles. The molecule has 152 valence electrons. The van der Waals surface area contributed by atoms with E-state index in [2.05, 4.69) is 10.3 Å². The van der Waals surface area contributed by atoms with Crippen LogP contribution in [0.3, 0.4) is 0 Å². The average Bonchev–Trinajstić information content (AvgIpc) is 3.15. The Labute approximate surface area is 165 Å². The van der Waals surface area contributed by atoms with Gasteiger partial charge in [0.15, 0.2) is 23.2 Å². The van der Waals surface area contributed by atoms with Crippen molar-refractivity contribution in [2.45, 2.75) is 26.9 Å². The highest BCUT2D eigenvalue weighted by Gasteiger charge is 2.13. The largest absolute Gasteiger partial charge is 0.493 e. The molecule has 8 nitrogen and oxygen atoms in total. The van der Waals surface area contributed by atoms with E-state index in [1.807, 2.05) is 37.9 Å². The second kappa shape index (κ2) is 9.68. The highest BCUT2D eigenvalue weighted by molar-refractivity contribution is 5.89. The number of hydrogen-bond acceptors (Lipinski definition) is 5. The van der Waals surface area contributed by atoms with Gasteiger partial charge in [-0.15, -0.1) is 0 Å². The van der Waals surface area contributed by atoms with Crippen LogP contribution in [-0.4, -0.2) is 44.6 Å². The normalized spacial score (nSPS) is 11.2. The molecule has 0 aliphatic carbocycles. The number of aliphatic imine (C=N–C) groups is 1. The van der Waals surface area contributed by atoms with Crippen molar-refractivity contribution in [3.63, 3.8) is 0 Å². The summed E-state index contributed by atoms with van der Waals surface area (Å²) in [4.78, 5) is 17.7. The molecule has 0 fully saturated rings. The van der Waals surface area contributed by atoms with Crippen molar-refractivity contribution in [2.75, 3.05) is 27.8 Å². The molecule has 1 aromatic carbocycles. The molecule has 1 amide bonds. The van der Waals surface area contributed by atoms with Crippen LogP contribution < -0.4 is 20.5 Å². The number of rotatable bonds is 8. The van der Waals surface area contributed by atoms with Crippen LogP contribution in [0.2, 0.25) is 0 Å². The van der Waals surface area contributed by atoms with E-state index in [0.717, 1.165) is 17.7 Å². The van der Waals surface area contributed by atoms with Crippen molar-refractivity contribution in [2.24, 2.45) is 10.7 Å². The van der Waals surface area contributed by atoms with E-state index in [9.17, 15) is 4.79 Å². The Bertz CT molecular complexity index is 845. The Morgan fingerprint density at radius 3 is 2.50 bits per heavy atom. The molecule has 3 N–H and O–H groups in total. The van der Waals surface area contributed by atoms with Crippen molar-refractivity contribution in [3.8, 4) is 11.5 Å². The highest BCUT2D eigenvalue weighted by atomic mass is 16.5. The minimum atomic E-state index is -0.594. The fourth-order valence-corrected chi connectivity index (χ4v) is 2.74. The molecule has 2 aromatic rings. The first-order chi connectivity index (χ1) is 13.4. The molecule has 0 atom stereocenters. The summed E-state index contributed by atoms with van der Waals surface area (Å²) in [6.07, 6.45) is 0. The van der Waals surface area contributed by atoms with Gasteiger partial charge in [0, 0.05) is 20.1 Å². The maximum absolute atomic E-state index is 11.1. The van der Waals surface area contributed by atoms with Gasteiger partial charge in [0.2, 0.25) is 0 Å². The molecule has 0 spiro atoms. The lowest BCUT2D eigenvalue weighted by Crippen LogP contribution is -2.38. The summed E-state index contributed by atoms with van der Waals surface area (Å²) in [5.74, 6) is 2.21. The average molecular weight is 388 g/mol. The second-order valence-electron chi connectivity index (χ2n) is 6.29. The summed E-state index contributed by atoms with van der Waals surface area (Å²) in [6, 6.07) is 7.18. The molecule has 1 aromatic heterocycles. The van der Waals surface area contributed by atoms with Gasteiger partial charge in [-0.2, -0.15) is 0 Å². The number of furan rings is 1. The molecular formula is C20H28N4O4. The van der Waals surface area contributed by atoms with Crippen molar-refractivity contribution in [3.05, 3.63) is 46.9 Å². The number of amides is 1. The first-order valence-corrected chi connectivity index (χ1v) is 8.99. The third-order valence-electron chi connectivity index (χ3n) is 4.24. The maximum atomic E-state index is 11.1. The van der Waals surface area contributed by atoms with Crippen molar-refractivity contribution >= 4 is 11.9 Å². The number of benzene rings is 1. The summed E-state index contributed by atoms with van der Waals surface area (Å²) in [5, 5.41) is 3.26. The Morgan fingerprint density at radius 2 is 1.93 bits per heavy atom. The topological polar surface area (TPSA) is 102 Å². The number of carbonyl (C=O) groups is 1. The lowest BCUT2D eigenvalue weighted by Gasteiger charge is -2.23. The predicted molar refractivity (Wildman–Crippen MR) is 108 cm³/mol. The fourth-order valence-electron chi connectivity index (χ4n) is 2.74. The molecule has 0 aliphatic rings. The van der Waals surface area contributed by atoms with Gasteiger partial charge in [0.1, 0.15) is 12.3 Å². The zero-order valence-corrected chi connectivity index (χ0v) is 17.0. The third-order valence-corrected chi connectivity index (χ3v) is 4.24. The minimum Gasteiger partial charge on any atom is -0.493 e. The molecule has 2 rings (SSSR count). The Morgan fingerprint density at radius 1 is 1.25 bits per heavy atom. The van der Waals surface area contributed by atoms with Crippen LogP contribution in [-0.2, 0) is 13.1 Å². The number of nitrogens with two attached hydrogens (primary N) is 1. The Balaban J connectivity index is 2.17. The number of nitrogens with zero attached hydrogens (tertiary/aromatic N) is 2. The third kappa shape index (κ3) is 5.18. The van der Waals surface area contributed by atoms with E-state index < -0.39 is 5.91 Å². The number of carbonyl (C=O) groups excluding carboxylic acids is 1. The Hall–Kier alpha value is -3.16. The molecule has 0 saturated heterocycles. The zero-order valence-electron chi connectivity index (χ0n) is 17.0. The summed E-state index contributed by atoms with van der Waals surface area (Å²) >= 11 is 0. The smallest absolute Gasteiger partial charge is 0.284 e. The number of aryl methyl sites for hydroxylation is 1. The first kappa shape index (κ1) is 21.1. The van der Waals surface area contributed by atoms with Crippen molar-refractivity contribution < 1.29 is 18.7 Å². The number of primary amides is 1. The summed E-state index contributed by atoms with van der Waals surface area (Å²) in [6.45, 7) is 5.68. The van der Waals surface area contributed by atoms with Gasteiger partial charge >= 0.3 is 0 Å². The van der Waals surface area contributed by atoms with Crippen molar-refractivity contribution in [1.29, 1.82) is 0 Å². The van der Waals surface area contributed by atoms with Crippen LogP contribution in [0, 0.1) is 6.92 Å². The van der Waals surface area contributed by atoms with Gasteiger partial charge < -0.3 is 29.8 Å². The van der Waals surface area contributed by atoms with Gasteiger partial charge in [0.25, 0.3) is 5.91 Å². The van der Waals surface area contributed by atoms with E-state index in [-0.39, 0.29) is 5.76 Å². The number of guanidine groups is 1. The molecule has 28 heavy (non-hydrogen) atoms. The summed E-state index contributed by atoms with van der Waals surface area (Å²) < 4.78 is 16.1. The van der Waals surface area contributed by atoms with E-state index in [0.29, 0.717) is 36.3 Å². The number of hydrogen-bond donors (Lipinski definition) is 2. The number of methoxy groups -OCH3 is 2. The van der Waals surface area contributed by atoms with Crippen LogP contribution >= 0.6 is 0 Å². The lowest BCUT2D eigenvalue weighted by molar-refractivity contribution is 0.0972. The predicted octanol–water partition coefficient (Wildman–Crippen LogP) is 2.30. The highest BCUT2D eigenvalue weighted by Crippen LogP contribution is 2.30. The fraction of sp³-hybridized carbons (Fsp3) is 0.400. The van der Waals surface area contributed by atoms with Gasteiger partial charge in [-0.1, -0.05) is 0 Å². The second-order valence-corrected chi connectivity index (χ2v) is 6.29. The number of ether oxygens (including phenoxy) is 2.